The highest BCUT2D eigenvalue weighted by atomic mass is 32.2. The van der Waals surface area contributed by atoms with Gasteiger partial charge in [0.1, 0.15) is 0 Å². The Labute approximate surface area is 129 Å². The monoisotopic (exact) mass is 305 g/mol. The lowest BCUT2D eigenvalue weighted by atomic mass is 10.1. The molecule has 21 heavy (non-hydrogen) atoms. The van der Waals surface area contributed by atoms with Crippen LogP contribution in [0, 0.1) is 18.4 Å². The molecule has 112 valence electrons. The number of nitrogens with zero attached hydrogens (tertiary/aromatic N) is 3. The number of benzene rings is 1. The topological polar surface area (TPSA) is 80.5 Å². The van der Waals surface area contributed by atoms with E-state index in [1.165, 1.54) is 11.8 Å². The third-order valence-electron chi connectivity index (χ3n) is 2.62. The first-order valence-corrected chi connectivity index (χ1v) is 7.52. The summed E-state index contributed by atoms with van der Waals surface area (Å²) in [6.45, 7) is 2.20. The molecule has 2 N–H and O–H groups in total. The van der Waals surface area contributed by atoms with Crippen LogP contribution < -0.4 is 10.6 Å². The van der Waals surface area contributed by atoms with Crippen LogP contribution in [0.25, 0.3) is 0 Å². The van der Waals surface area contributed by atoms with E-state index in [9.17, 15) is 4.79 Å². The predicted octanol–water partition coefficient (Wildman–Crippen LogP) is 1.92. The summed E-state index contributed by atoms with van der Waals surface area (Å²) in [7, 11) is 3.68. The second-order valence-electron chi connectivity index (χ2n) is 4.59. The molecule has 0 saturated heterocycles. The highest BCUT2D eigenvalue weighted by Gasteiger charge is 2.08. The minimum Gasteiger partial charge on any atom is -0.325 e. The number of hydrogen-bond donors (Lipinski definition) is 2. The van der Waals surface area contributed by atoms with Gasteiger partial charge in [0.15, 0.2) is 11.4 Å². The number of carbonyl (C=O) groups excluding carboxylic acids is 1. The number of nitrogens with one attached hydrogen (secondary N) is 2. The molecule has 7 heteroatoms. The van der Waals surface area contributed by atoms with Crippen LogP contribution in [0.2, 0.25) is 0 Å². The number of thioether (sulfide) groups is 1. The fourth-order valence-electron chi connectivity index (χ4n) is 1.64. The van der Waals surface area contributed by atoms with Crippen LogP contribution in [0.4, 0.5) is 11.4 Å². The number of amidine groups is 1. The predicted molar refractivity (Wildman–Crippen MR) is 87.7 cm³/mol. The second kappa shape index (κ2) is 8.29. The third-order valence-corrected chi connectivity index (χ3v) is 3.20. The van der Waals surface area contributed by atoms with Gasteiger partial charge in [0, 0.05) is 5.69 Å². The van der Waals surface area contributed by atoms with Gasteiger partial charge in [0.25, 0.3) is 0 Å². The van der Waals surface area contributed by atoms with Crippen molar-refractivity contribution in [2.75, 3.05) is 32.2 Å². The van der Waals surface area contributed by atoms with E-state index in [0.29, 0.717) is 17.4 Å². The van der Waals surface area contributed by atoms with Gasteiger partial charge in [-0.1, -0.05) is 17.8 Å². The quantitative estimate of drug-likeness (QED) is 0.384. The van der Waals surface area contributed by atoms with E-state index in [2.05, 4.69) is 15.6 Å². The maximum absolute atomic E-state index is 11.8. The van der Waals surface area contributed by atoms with Crippen molar-refractivity contribution in [1.29, 1.82) is 5.26 Å². The summed E-state index contributed by atoms with van der Waals surface area (Å²) in [5, 5.41) is 14.5. The van der Waals surface area contributed by atoms with Gasteiger partial charge in [-0.05, 0) is 45.0 Å². The average Bonchev–Trinajstić information content (AvgIpc) is 2.41. The average molecular weight is 305 g/mol. The first-order valence-electron chi connectivity index (χ1n) is 6.30. The van der Waals surface area contributed by atoms with Crippen molar-refractivity contribution in [3.05, 3.63) is 23.8 Å². The molecule has 0 aliphatic carbocycles. The highest BCUT2D eigenvalue weighted by molar-refractivity contribution is 8.13. The molecule has 1 amide bonds. The van der Waals surface area contributed by atoms with Crippen molar-refractivity contribution in [1.82, 2.24) is 10.2 Å². The van der Waals surface area contributed by atoms with Gasteiger partial charge in [-0.2, -0.15) is 5.26 Å². The fourth-order valence-corrected chi connectivity index (χ4v) is 1.98. The minimum atomic E-state index is -0.0792. The van der Waals surface area contributed by atoms with E-state index < -0.39 is 0 Å². The van der Waals surface area contributed by atoms with Gasteiger partial charge in [0.2, 0.25) is 5.91 Å². The molecule has 0 aromatic heterocycles. The Hall–Kier alpha value is -2.04. The molecular weight excluding hydrogens is 286 g/mol. The molecule has 0 atom stereocenters. The number of aliphatic imine (C=N–C) groups is 1. The SMILES string of the molecule is CSC(=Nc1cccc(NC(=O)CN(C)C)c1C)NC#N. The Kier molecular flexibility index (Phi) is 6.72. The number of amides is 1. The zero-order valence-corrected chi connectivity index (χ0v) is 13.4. The summed E-state index contributed by atoms with van der Waals surface area (Å²) in [6, 6.07) is 5.49. The van der Waals surface area contributed by atoms with Gasteiger partial charge in [-0.15, -0.1) is 0 Å². The number of carbonyl (C=O) groups is 1. The maximum atomic E-state index is 11.8. The summed E-state index contributed by atoms with van der Waals surface area (Å²) in [6.07, 6.45) is 3.68. The molecule has 0 aliphatic heterocycles. The highest BCUT2D eigenvalue weighted by Crippen LogP contribution is 2.26. The van der Waals surface area contributed by atoms with Crippen LogP contribution in [0.3, 0.4) is 0 Å². The number of hydrogen-bond acceptors (Lipinski definition) is 5. The Bertz CT molecular complexity index is 577. The van der Waals surface area contributed by atoms with Crippen LogP contribution in [0.5, 0.6) is 0 Å². The van der Waals surface area contributed by atoms with Crippen molar-refractivity contribution < 1.29 is 4.79 Å². The van der Waals surface area contributed by atoms with Crippen molar-refractivity contribution in [2.45, 2.75) is 6.92 Å². The third kappa shape index (κ3) is 5.45. The first-order chi connectivity index (χ1) is 9.97. The summed E-state index contributed by atoms with van der Waals surface area (Å²) in [4.78, 5) is 18.0. The Morgan fingerprint density at radius 2 is 2.19 bits per heavy atom. The van der Waals surface area contributed by atoms with Gasteiger partial charge in [-0.3, -0.25) is 10.1 Å². The molecule has 0 heterocycles. The molecule has 1 rings (SSSR count). The zero-order chi connectivity index (χ0) is 15.8. The largest absolute Gasteiger partial charge is 0.325 e. The summed E-state index contributed by atoms with van der Waals surface area (Å²) in [5.41, 5.74) is 2.29. The molecule has 0 fully saturated rings. The fraction of sp³-hybridized carbons (Fsp3) is 0.357. The Morgan fingerprint density at radius 3 is 2.76 bits per heavy atom. The van der Waals surface area contributed by atoms with Gasteiger partial charge in [0.05, 0.1) is 12.2 Å². The number of rotatable bonds is 4. The van der Waals surface area contributed by atoms with E-state index in [4.69, 9.17) is 5.26 Å². The molecule has 0 spiro atoms. The molecule has 1 aromatic rings. The van der Waals surface area contributed by atoms with Crippen LogP contribution in [-0.2, 0) is 4.79 Å². The van der Waals surface area contributed by atoms with Gasteiger partial charge < -0.3 is 10.2 Å². The van der Waals surface area contributed by atoms with E-state index in [-0.39, 0.29) is 5.91 Å². The van der Waals surface area contributed by atoms with Crippen molar-refractivity contribution in [3.63, 3.8) is 0 Å². The normalized spacial score (nSPS) is 11.1. The van der Waals surface area contributed by atoms with Crippen molar-refractivity contribution >= 4 is 34.2 Å². The molecule has 0 saturated carbocycles. The lowest BCUT2D eigenvalue weighted by Crippen LogP contribution is -2.27. The maximum Gasteiger partial charge on any atom is 0.238 e. The lowest BCUT2D eigenvalue weighted by Gasteiger charge is -2.13. The molecule has 0 bridgehead atoms. The van der Waals surface area contributed by atoms with Crippen LogP contribution in [0.15, 0.2) is 23.2 Å². The molecule has 0 radical (unpaired) electrons. The second-order valence-corrected chi connectivity index (χ2v) is 5.39. The number of anilines is 1. The summed E-state index contributed by atoms with van der Waals surface area (Å²) >= 11 is 1.35. The smallest absolute Gasteiger partial charge is 0.238 e. The van der Waals surface area contributed by atoms with E-state index in [1.54, 1.807) is 4.90 Å². The van der Waals surface area contributed by atoms with Crippen molar-refractivity contribution in [3.8, 4) is 6.19 Å². The van der Waals surface area contributed by atoms with E-state index in [0.717, 1.165) is 11.3 Å². The number of nitriles is 1. The molecule has 0 unspecified atom stereocenters. The zero-order valence-electron chi connectivity index (χ0n) is 12.6. The molecular formula is C14H19N5OS. The standard InChI is InChI=1S/C14H19N5OS/c1-10-11(17-13(20)8-19(2)3)6-5-7-12(10)18-14(21-4)16-9-15/h5-7H,8H2,1-4H3,(H,16,18)(H,17,20). The van der Waals surface area contributed by atoms with E-state index >= 15 is 0 Å². The molecule has 0 aliphatic rings. The first kappa shape index (κ1) is 17.0. The number of likely N-dealkylation sites (N-methyl/N-ethyl adjacent to an activating group) is 1. The van der Waals surface area contributed by atoms with Crippen molar-refractivity contribution in [2.24, 2.45) is 4.99 Å². The van der Waals surface area contributed by atoms with Gasteiger partial charge in [-0.25, -0.2) is 4.99 Å². The van der Waals surface area contributed by atoms with Crippen LogP contribution >= 0.6 is 11.8 Å². The Morgan fingerprint density at radius 1 is 1.48 bits per heavy atom. The van der Waals surface area contributed by atoms with Gasteiger partial charge >= 0.3 is 0 Å². The van der Waals surface area contributed by atoms with E-state index in [1.807, 2.05) is 51.7 Å². The van der Waals surface area contributed by atoms with Crippen LogP contribution in [-0.4, -0.2) is 42.9 Å². The lowest BCUT2D eigenvalue weighted by molar-refractivity contribution is -0.116. The molecule has 1 aromatic carbocycles. The van der Waals surface area contributed by atoms with Crippen LogP contribution in [0.1, 0.15) is 5.56 Å². The Balaban J connectivity index is 2.98. The minimum absolute atomic E-state index is 0.0792. The molecule has 6 nitrogen and oxygen atoms in total. The summed E-state index contributed by atoms with van der Waals surface area (Å²) in [5.74, 6) is -0.0792. The summed E-state index contributed by atoms with van der Waals surface area (Å²) < 4.78 is 0.